The number of carbonyl (C=O) groups is 1. The molecule has 1 aromatic carbocycles. The number of carbonyl (C=O) groups excluding carboxylic acids is 1. The summed E-state index contributed by atoms with van der Waals surface area (Å²) in [6.45, 7) is 3.26. The first-order valence-electron chi connectivity index (χ1n) is 5.25. The number of methoxy groups -OCH3 is 1. The van der Waals surface area contributed by atoms with Crippen LogP contribution in [0.4, 0.5) is 5.69 Å². The second-order valence-corrected chi connectivity index (χ2v) is 3.72. The zero-order chi connectivity index (χ0) is 11.5. The van der Waals surface area contributed by atoms with Crippen molar-refractivity contribution < 1.29 is 14.3 Å². The van der Waals surface area contributed by atoms with Gasteiger partial charge >= 0.3 is 0 Å². The summed E-state index contributed by atoms with van der Waals surface area (Å²) in [7, 11) is 1.63. The fraction of sp³-hybridized carbons (Fsp3) is 0.417. The van der Waals surface area contributed by atoms with Crippen LogP contribution in [-0.4, -0.2) is 26.2 Å². The van der Waals surface area contributed by atoms with Crippen molar-refractivity contribution in [2.45, 2.75) is 13.5 Å². The first-order valence-corrected chi connectivity index (χ1v) is 5.25. The highest BCUT2D eigenvalue weighted by atomic mass is 16.5. The summed E-state index contributed by atoms with van der Waals surface area (Å²) in [5, 5.41) is 0. The standard InChI is InChI=1S/C12H15NO3/c1-9(14)13-5-6-16-8-10-7-11(15-2)3-4-12(10)13/h3-4,7H,5-6,8H2,1-2H3. The molecule has 0 bridgehead atoms. The van der Waals surface area contributed by atoms with Crippen LogP contribution in [0.3, 0.4) is 0 Å². The van der Waals surface area contributed by atoms with Gasteiger partial charge in [-0.3, -0.25) is 4.79 Å². The Morgan fingerprint density at radius 3 is 3.00 bits per heavy atom. The summed E-state index contributed by atoms with van der Waals surface area (Å²) in [6, 6.07) is 5.68. The Balaban J connectivity index is 2.42. The molecular weight excluding hydrogens is 206 g/mol. The Hall–Kier alpha value is -1.55. The molecule has 16 heavy (non-hydrogen) atoms. The number of fused-ring (bicyclic) bond motifs is 1. The van der Waals surface area contributed by atoms with Gasteiger partial charge in [-0.15, -0.1) is 0 Å². The van der Waals surface area contributed by atoms with Crippen LogP contribution in [0.25, 0.3) is 0 Å². The number of benzene rings is 1. The van der Waals surface area contributed by atoms with Gasteiger partial charge in [-0.05, 0) is 18.2 Å². The highest BCUT2D eigenvalue weighted by Crippen LogP contribution is 2.28. The van der Waals surface area contributed by atoms with E-state index in [1.807, 2.05) is 18.2 Å². The molecule has 0 aliphatic carbocycles. The van der Waals surface area contributed by atoms with Crippen LogP contribution < -0.4 is 9.64 Å². The Morgan fingerprint density at radius 2 is 2.31 bits per heavy atom. The van der Waals surface area contributed by atoms with E-state index in [0.29, 0.717) is 19.8 Å². The fourth-order valence-electron chi connectivity index (χ4n) is 1.85. The minimum absolute atomic E-state index is 0.0388. The first kappa shape index (κ1) is 11.0. The summed E-state index contributed by atoms with van der Waals surface area (Å²) in [4.78, 5) is 13.2. The molecule has 0 spiro atoms. The average Bonchev–Trinajstić information content (AvgIpc) is 2.49. The molecule has 1 aromatic rings. The zero-order valence-electron chi connectivity index (χ0n) is 9.53. The SMILES string of the molecule is COc1ccc2c(c1)COCCN2C(C)=O. The maximum Gasteiger partial charge on any atom is 0.223 e. The average molecular weight is 221 g/mol. The Labute approximate surface area is 94.8 Å². The summed E-state index contributed by atoms with van der Waals surface area (Å²) >= 11 is 0. The molecule has 86 valence electrons. The number of rotatable bonds is 1. The van der Waals surface area contributed by atoms with Crippen molar-refractivity contribution in [1.82, 2.24) is 0 Å². The van der Waals surface area contributed by atoms with E-state index < -0.39 is 0 Å². The van der Waals surface area contributed by atoms with Crippen LogP contribution in [0.5, 0.6) is 5.75 Å². The summed E-state index contributed by atoms with van der Waals surface area (Å²) in [6.07, 6.45) is 0. The minimum Gasteiger partial charge on any atom is -0.497 e. The Kier molecular flexibility index (Phi) is 3.10. The van der Waals surface area contributed by atoms with Gasteiger partial charge in [-0.1, -0.05) is 0 Å². The smallest absolute Gasteiger partial charge is 0.223 e. The quantitative estimate of drug-likeness (QED) is 0.722. The molecule has 0 saturated heterocycles. The fourth-order valence-corrected chi connectivity index (χ4v) is 1.85. The van der Waals surface area contributed by atoms with Crippen LogP contribution in [0.1, 0.15) is 12.5 Å². The van der Waals surface area contributed by atoms with E-state index in [0.717, 1.165) is 17.0 Å². The molecule has 2 rings (SSSR count). The van der Waals surface area contributed by atoms with E-state index in [4.69, 9.17) is 9.47 Å². The molecule has 0 radical (unpaired) electrons. The summed E-state index contributed by atoms with van der Waals surface area (Å²) in [5.74, 6) is 0.824. The van der Waals surface area contributed by atoms with E-state index in [1.54, 1.807) is 18.9 Å². The van der Waals surface area contributed by atoms with Crippen molar-refractivity contribution in [3.63, 3.8) is 0 Å². The molecule has 0 aromatic heterocycles. The largest absolute Gasteiger partial charge is 0.497 e. The monoisotopic (exact) mass is 221 g/mol. The number of hydrogen-bond donors (Lipinski definition) is 0. The topological polar surface area (TPSA) is 38.8 Å². The van der Waals surface area contributed by atoms with Crippen molar-refractivity contribution >= 4 is 11.6 Å². The Morgan fingerprint density at radius 1 is 1.50 bits per heavy atom. The molecule has 0 unspecified atom stereocenters. The van der Waals surface area contributed by atoms with E-state index >= 15 is 0 Å². The van der Waals surface area contributed by atoms with Crippen molar-refractivity contribution in [1.29, 1.82) is 0 Å². The highest BCUT2D eigenvalue weighted by molar-refractivity contribution is 5.92. The van der Waals surface area contributed by atoms with Gasteiger partial charge in [0.25, 0.3) is 0 Å². The zero-order valence-corrected chi connectivity index (χ0v) is 9.53. The molecule has 4 nitrogen and oxygen atoms in total. The van der Waals surface area contributed by atoms with Crippen molar-refractivity contribution in [2.24, 2.45) is 0 Å². The lowest BCUT2D eigenvalue weighted by Crippen LogP contribution is -2.30. The highest BCUT2D eigenvalue weighted by Gasteiger charge is 2.18. The first-order chi connectivity index (χ1) is 7.72. The van der Waals surface area contributed by atoms with E-state index in [2.05, 4.69) is 0 Å². The van der Waals surface area contributed by atoms with Crippen LogP contribution in [-0.2, 0) is 16.1 Å². The van der Waals surface area contributed by atoms with Crippen molar-refractivity contribution in [3.05, 3.63) is 23.8 Å². The molecule has 1 aliphatic rings. The molecule has 1 aliphatic heterocycles. The molecule has 4 heteroatoms. The third-order valence-corrected chi connectivity index (χ3v) is 2.67. The van der Waals surface area contributed by atoms with E-state index in [9.17, 15) is 4.79 Å². The lowest BCUT2D eigenvalue weighted by atomic mass is 10.1. The van der Waals surface area contributed by atoms with E-state index in [-0.39, 0.29) is 5.91 Å². The molecule has 0 saturated carbocycles. The lowest BCUT2D eigenvalue weighted by Gasteiger charge is -2.20. The minimum atomic E-state index is 0.0388. The summed E-state index contributed by atoms with van der Waals surface area (Å²) in [5.41, 5.74) is 1.91. The molecular formula is C12H15NO3. The molecule has 0 fully saturated rings. The maximum absolute atomic E-state index is 11.5. The Bertz CT molecular complexity index is 403. The molecule has 1 heterocycles. The van der Waals surface area contributed by atoms with Crippen LogP contribution in [0.15, 0.2) is 18.2 Å². The van der Waals surface area contributed by atoms with Gasteiger partial charge in [0.15, 0.2) is 0 Å². The predicted molar refractivity (Wildman–Crippen MR) is 60.7 cm³/mol. The third kappa shape index (κ3) is 2.02. The van der Waals surface area contributed by atoms with Gasteiger partial charge in [-0.25, -0.2) is 0 Å². The summed E-state index contributed by atoms with van der Waals surface area (Å²) < 4.78 is 10.6. The number of nitrogens with zero attached hydrogens (tertiary/aromatic N) is 1. The lowest BCUT2D eigenvalue weighted by molar-refractivity contribution is -0.116. The van der Waals surface area contributed by atoms with Crippen molar-refractivity contribution in [3.8, 4) is 5.75 Å². The van der Waals surface area contributed by atoms with Gasteiger partial charge < -0.3 is 14.4 Å². The normalized spacial score (nSPS) is 15.2. The second-order valence-electron chi connectivity index (χ2n) is 3.72. The van der Waals surface area contributed by atoms with Crippen LogP contribution in [0.2, 0.25) is 0 Å². The van der Waals surface area contributed by atoms with Crippen LogP contribution in [0, 0.1) is 0 Å². The van der Waals surface area contributed by atoms with Gasteiger partial charge in [-0.2, -0.15) is 0 Å². The second kappa shape index (κ2) is 4.53. The predicted octanol–water partition coefficient (Wildman–Crippen LogP) is 1.58. The number of amides is 1. The molecule has 0 atom stereocenters. The van der Waals surface area contributed by atoms with E-state index in [1.165, 1.54) is 0 Å². The van der Waals surface area contributed by atoms with Crippen molar-refractivity contribution in [2.75, 3.05) is 25.2 Å². The van der Waals surface area contributed by atoms with Gasteiger partial charge in [0.1, 0.15) is 5.75 Å². The third-order valence-electron chi connectivity index (χ3n) is 2.67. The van der Waals surface area contributed by atoms with Crippen LogP contribution >= 0.6 is 0 Å². The number of ether oxygens (including phenoxy) is 2. The number of anilines is 1. The molecule has 0 N–H and O–H groups in total. The van der Waals surface area contributed by atoms with Gasteiger partial charge in [0.2, 0.25) is 5.91 Å². The maximum atomic E-state index is 11.5. The van der Waals surface area contributed by atoms with Gasteiger partial charge in [0, 0.05) is 24.7 Å². The van der Waals surface area contributed by atoms with Gasteiger partial charge in [0.05, 0.1) is 20.3 Å². The number of hydrogen-bond acceptors (Lipinski definition) is 3. The molecule has 1 amide bonds.